The van der Waals surface area contributed by atoms with Crippen LogP contribution >= 0.6 is 11.8 Å². The van der Waals surface area contributed by atoms with Crippen molar-refractivity contribution >= 4 is 40.6 Å². The zero-order chi connectivity index (χ0) is 18.7. The number of thioether (sulfide) groups is 1. The smallest absolute Gasteiger partial charge is 0.338 e. The van der Waals surface area contributed by atoms with Crippen LogP contribution in [0.5, 0.6) is 0 Å². The fourth-order valence-electron chi connectivity index (χ4n) is 2.25. The van der Waals surface area contributed by atoms with E-state index in [1.807, 2.05) is 0 Å². The molecule has 1 aliphatic rings. The first-order chi connectivity index (χ1) is 12.4. The van der Waals surface area contributed by atoms with Crippen LogP contribution in [0.2, 0.25) is 0 Å². The van der Waals surface area contributed by atoms with Gasteiger partial charge >= 0.3 is 5.97 Å². The van der Waals surface area contributed by atoms with Crippen molar-refractivity contribution in [2.75, 3.05) is 7.05 Å². The second-order valence-electron chi connectivity index (χ2n) is 5.89. The van der Waals surface area contributed by atoms with E-state index < -0.39 is 5.97 Å². The van der Waals surface area contributed by atoms with Gasteiger partial charge in [0.1, 0.15) is 5.76 Å². The minimum absolute atomic E-state index is 0.152. The van der Waals surface area contributed by atoms with Crippen molar-refractivity contribution in [1.82, 2.24) is 4.90 Å². The van der Waals surface area contributed by atoms with Gasteiger partial charge in [-0.1, -0.05) is 6.07 Å². The van der Waals surface area contributed by atoms with Gasteiger partial charge in [-0.25, -0.2) is 9.79 Å². The van der Waals surface area contributed by atoms with E-state index >= 15 is 0 Å². The first-order valence-corrected chi connectivity index (χ1v) is 8.86. The minimum atomic E-state index is -0.399. The van der Waals surface area contributed by atoms with E-state index in [4.69, 9.17) is 9.15 Å². The van der Waals surface area contributed by atoms with Crippen molar-refractivity contribution in [1.29, 1.82) is 0 Å². The summed E-state index contributed by atoms with van der Waals surface area (Å²) in [5.74, 6) is 0.0541. The van der Waals surface area contributed by atoms with Crippen LogP contribution in [0.15, 0.2) is 57.0 Å². The van der Waals surface area contributed by atoms with Gasteiger partial charge in [-0.15, -0.1) is 0 Å². The van der Waals surface area contributed by atoms with Gasteiger partial charge in [0.2, 0.25) is 0 Å². The third-order valence-electron chi connectivity index (χ3n) is 3.47. The Morgan fingerprint density at radius 2 is 2.12 bits per heavy atom. The van der Waals surface area contributed by atoms with E-state index in [1.54, 1.807) is 69.6 Å². The normalized spacial score (nSPS) is 17.5. The highest BCUT2D eigenvalue weighted by Gasteiger charge is 2.30. The molecule has 1 aliphatic heterocycles. The zero-order valence-electron chi connectivity index (χ0n) is 14.6. The van der Waals surface area contributed by atoms with E-state index in [0.717, 1.165) is 0 Å². The van der Waals surface area contributed by atoms with Crippen LogP contribution in [0.4, 0.5) is 5.69 Å². The third-order valence-corrected chi connectivity index (χ3v) is 4.53. The van der Waals surface area contributed by atoms with Crippen LogP contribution < -0.4 is 0 Å². The number of likely N-dealkylation sites (N-methyl/N-ethyl adjacent to an activating group) is 1. The summed E-state index contributed by atoms with van der Waals surface area (Å²) < 4.78 is 10.5. The van der Waals surface area contributed by atoms with Crippen LogP contribution in [-0.4, -0.2) is 35.1 Å². The molecule has 0 unspecified atom stereocenters. The predicted molar refractivity (Wildman–Crippen MR) is 101 cm³/mol. The molecule has 6 nitrogen and oxygen atoms in total. The van der Waals surface area contributed by atoms with Crippen molar-refractivity contribution in [2.45, 2.75) is 20.0 Å². The maximum Gasteiger partial charge on any atom is 0.338 e. The Morgan fingerprint density at radius 3 is 2.81 bits per heavy atom. The number of aliphatic imine (C=N–C) groups is 1. The molecule has 0 atom stereocenters. The highest BCUT2D eigenvalue weighted by atomic mass is 32.2. The number of benzene rings is 1. The maximum absolute atomic E-state index is 12.4. The summed E-state index contributed by atoms with van der Waals surface area (Å²) in [4.78, 5) is 30.9. The second-order valence-corrected chi connectivity index (χ2v) is 6.90. The summed E-state index contributed by atoms with van der Waals surface area (Å²) >= 11 is 1.26. The number of rotatable bonds is 4. The lowest BCUT2D eigenvalue weighted by Gasteiger charge is -2.09. The predicted octanol–water partition coefficient (Wildman–Crippen LogP) is 4.08. The van der Waals surface area contributed by atoms with Gasteiger partial charge in [0, 0.05) is 13.1 Å². The van der Waals surface area contributed by atoms with Crippen LogP contribution in [0, 0.1) is 0 Å². The van der Waals surface area contributed by atoms with E-state index in [1.165, 1.54) is 16.7 Å². The summed E-state index contributed by atoms with van der Waals surface area (Å²) in [6.07, 6.45) is 3.04. The molecule has 1 fully saturated rings. The summed E-state index contributed by atoms with van der Waals surface area (Å²) in [7, 11) is 1.66. The summed E-state index contributed by atoms with van der Waals surface area (Å²) in [5.41, 5.74) is 0.994. The van der Waals surface area contributed by atoms with Gasteiger partial charge in [-0.2, -0.15) is 0 Å². The monoisotopic (exact) mass is 370 g/mol. The first-order valence-electron chi connectivity index (χ1n) is 8.05. The number of hydrogen-bond acceptors (Lipinski definition) is 6. The van der Waals surface area contributed by atoms with E-state index in [2.05, 4.69) is 4.99 Å². The molecule has 0 aliphatic carbocycles. The molecule has 1 aromatic carbocycles. The average molecular weight is 370 g/mol. The van der Waals surface area contributed by atoms with Gasteiger partial charge in [0.15, 0.2) is 5.17 Å². The van der Waals surface area contributed by atoms with E-state index in [-0.39, 0.29) is 12.0 Å². The second kappa shape index (κ2) is 7.61. The highest BCUT2D eigenvalue weighted by molar-refractivity contribution is 8.18. The maximum atomic E-state index is 12.4. The van der Waals surface area contributed by atoms with Crippen LogP contribution in [-0.2, 0) is 9.53 Å². The Hall–Kier alpha value is -2.80. The van der Waals surface area contributed by atoms with Gasteiger partial charge in [-0.3, -0.25) is 9.69 Å². The number of furan rings is 1. The third kappa shape index (κ3) is 4.05. The molecule has 7 heteroatoms. The van der Waals surface area contributed by atoms with Crippen LogP contribution in [0.25, 0.3) is 6.08 Å². The Bertz CT molecular complexity index is 885. The Labute approximate surface area is 155 Å². The quantitative estimate of drug-likeness (QED) is 0.599. The number of carbonyl (C=O) groups excluding carboxylic acids is 2. The standard InChI is InChI=1S/C19H18N2O4S/c1-12(2)25-18(23)13-6-4-7-14(10-13)20-19-21(3)17(22)16(26-19)11-15-8-5-9-24-15/h4-12H,1-3H3/b16-11+,20-19?. The number of nitrogens with zero attached hydrogens (tertiary/aromatic N) is 2. The first kappa shape index (κ1) is 18.0. The fourth-order valence-corrected chi connectivity index (χ4v) is 3.22. The molecule has 2 heterocycles. The molecule has 26 heavy (non-hydrogen) atoms. The number of amides is 1. The average Bonchev–Trinajstić information content (AvgIpc) is 3.20. The van der Waals surface area contributed by atoms with Gasteiger partial charge in [0.05, 0.1) is 28.5 Å². The van der Waals surface area contributed by atoms with Crippen molar-refractivity contribution in [3.63, 3.8) is 0 Å². The molecule has 1 aromatic heterocycles. The lowest BCUT2D eigenvalue weighted by Crippen LogP contribution is -2.23. The summed E-state index contributed by atoms with van der Waals surface area (Å²) in [6.45, 7) is 3.59. The van der Waals surface area contributed by atoms with Gasteiger partial charge < -0.3 is 9.15 Å². The largest absolute Gasteiger partial charge is 0.465 e. The molecular weight excluding hydrogens is 352 g/mol. The van der Waals surface area contributed by atoms with Crippen molar-refractivity contribution in [3.8, 4) is 0 Å². The molecule has 0 N–H and O–H groups in total. The molecule has 2 aromatic rings. The fraction of sp³-hybridized carbons (Fsp3) is 0.211. The summed E-state index contributed by atoms with van der Waals surface area (Å²) in [5, 5.41) is 0.530. The lowest BCUT2D eigenvalue weighted by molar-refractivity contribution is -0.121. The van der Waals surface area contributed by atoms with E-state index in [0.29, 0.717) is 27.1 Å². The molecule has 0 radical (unpaired) electrons. The molecule has 134 valence electrons. The molecule has 0 saturated carbocycles. The molecule has 1 saturated heterocycles. The summed E-state index contributed by atoms with van der Waals surface area (Å²) in [6, 6.07) is 10.4. The van der Waals surface area contributed by atoms with Crippen molar-refractivity contribution in [2.24, 2.45) is 4.99 Å². The lowest BCUT2D eigenvalue weighted by atomic mass is 10.2. The Morgan fingerprint density at radius 1 is 1.31 bits per heavy atom. The van der Waals surface area contributed by atoms with Crippen LogP contribution in [0.3, 0.4) is 0 Å². The minimum Gasteiger partial charge on any atom is -0.465 e. The molecule has 0 bridgehead atoms. The molecule has 0 spiro atoms. The zero-order valence-corrected chi connectivity index (χ0v) is 15.4. The number of carbonyl (C=O) groups is 2. The van der Waals surface area contributed by atoms with Crippen molar-refractivity contribution in [3.05, 3.63) is 58.9 Å². The molecule has 1 amide bonds. The van der Waals surface area contributed by atoms with Gasteiger partial charge in [-0.05, 0) is 55.9 Å². The number of hydrogen-bond donors (Lipinski definition) is 0. The highest BCUT2D eigenvalue weighted by Crippen LogP contribution is 2.33. The molecule has 3 rings (SSSR count). The number of esters is 1. The molecular formula is C19H18N2O4S. The Balaban J connectivity index is 1.84. The van der Waals surface area contributed by atoms with Crippen molar-refractivity contribution < 1.29 is 18.7 Å². The van der Waals surface area contributed by atoms with E-state index in [9.17, 15) is 9.59 Å². The van der Waals surface area contributed by atoms with Gasteiger partial charge in [0.25, 0.3) is 5.91 Å². The number of amidine groups is 1. The topological polar surface area (TPSA) is 72.1 Å². The SMILES string of the molecule is CC(C)OC(=O)c1cccc(N=C2S/C(=C/c3ccco3)C(=O)N2C)c1. The number of ether oxygens (including phenoxy) is 1. The Kier molecular flexibility index (Phi) is 5.27. The van der Waals surface area contributed by atoms with Crippen LogP contribution in [0.1, 0.15) is 30.0 Å².